The first-order valence-electron chi connectivity index (χ1n) is 11.2. The molecule has 0 fully saturated rings. The molecule has 0 aliphatic heterocycles. The number of aliphatic imine (C=N–C) groups is 1. The monoisotopic (exact) mass is 455 g/mol. The lowest BCUT2D eigenvalue weighted by atomic mass is 10.00. The lowest BCUT2D eigenvalue weighted by Gasteiger charge is -2.19. The molecule has 4 aromatic rings. The van der Waals surface area contributed by atoms with E-state index in [2.05, 4.69) is 43.0 Å². The Bertz CT molecular complexity index is 1320. The normalized spacial score (nSPS) is 12.8. The van der Waals surface area contributed by atoms with Crippen LogP contribution in [-0.4, -0.2) is 53.9 Å². The molecule has 0 amide bonds. The van der Waals surface area contributed by atoms with Crippen LogP contribution in [0.15, 0.2) is 77.8 Å². The number of fused-ring (bicyclic) bond motifs is 1. The Balaban J connectivity index is 1.79. The number of ether oxygens (including phenoxy) is 1. The van der Waals surface area contributed by atoms with Crippen LogP contribution in [0.5, 0.6) is 5.88 Å². The second kappa shape index (κ2) is 9.93. The van der Waals surface area contributed by atoms with E-state index in [1.807, 2.05) is 42.5 Å². The predicted molar refractivity (Wildman–Crippen MR) is 136 cm³/mol. The smallest absolute Gasteiger partial charge is 0.337 e. The summed E-state index contributed by atoms with van der Waals surface area (Å²) in [7, 11) is 5.51. The molecule has 1 aromatic heterocycles. The van der Waals surface area contributed by atoms with Gasteiger partial charge in [0.25, 0.3) is 0 Å². The van der Waals surface area contributed by atoms with Crippen molar-refractivity contribution in [2.45, 2.75) is 19.4 Å². The van der Waals surface area contributed by atoms with Crippen LogP contribution in [0.25, 0.3) is 10.9 Å². The molecule has 0 saturated heterocycles. The van der Waals surface area contributed by atoms with Crippen molar-refractivity contribution >= 4 is 28.3 Å². The number of hydrogen-bond acceptors (Lipinski definition) is 5. The summed E-state index contributed by atoms with van der Waals surface area (Å²) in [6.45, 7) is 2.20. The van der Waals surface area contributed by atoms with Crippen LogP contribution in [0.3, 0.4) is 0 Å². The Morgan fingerprint density at radius 3 is 2.38 bits per heavy atom. The quantitative estimate of drug-likeness (QED) is 0.292. The van der Waals surface area contributed by atoms with Crippen molar-refractivity contribution in [3.8, 4) is 5.88 Å². The number of methoxy groups -OCH3 is 1. The van der Waals surface area contributed by atoms with Crippen LogP contribution < -0.4 is 0 Å². The topological polar surface area (TPSA) is 77.9 Å². The highest BCUT2D eigenvalue weighted by Gasteiger charge is 2.20. The van der Waals surface area contributed by atoms with Crippen molar-refractivity contribution in [2.24, 2.45) is 4.99 Å². The molecule has 34 heavy (non-hydrogen) atoms. The summed E-state index contributed by atoms with van der Waals surface area (Å²) >= 11 is 0. The maximum Gasteiger partial charge on any atom is 0.337 e. The molecule has 1 heterocycles. The SMILES string of the molecule is COC(=O)c1ccc2c(C(=Nc3ccc(CC(C)N(C)C)cc3)c3ccccc3)c(O)[nH]c2c1. The largest absolute Gasteiger partial charge is 0.494 e. The van der Waals surface area contributed by atoms with Gasteiger partial charge in [0.1, 0.15) is 0 Å². The summed E-state index contributed by atoms with van der Waals surface area (Å²) in [5, 5.41) is 11.6. The maximum atomic E-state index is 12.0. The molecule has 0 aliphatic rings. The van der Waals surface area contributed by atoms with Gasteiger partial charge >= 0.3 is 5.97 Å². The third-order valence-corrected chi connectivity index (χ3v) is 6.07. The van der Waals surface area contributed by atoms with Gasteiger partial charge in [-0.15, -0.1) is 0 Å². The molecule has 1 unspecified atom stereocenters. The number of benzene rings is 3. The van der Waals surface area contributed by atoms with E-state index >= 15 is 0 Å². The van der Waals surface area contributed by atoms with Crippen LogP contribution in [0.1, 0.15) is 34.0 Å². The Labute approximate surface area is 199 Å². The van der Waals surface area contributed by atoms with Crippen LogP contribution in [0.2, 0.25) is 0 Å². The number of carbonyl (C=O) groups excluding carboxylic acids is 1. The van der Waals surface area contributed by atoms with E-state index in [1.165, 1.54) is 12.7 Å². The van der Waals surface area contributed by atoms with Gasteiger partial charge in [-0.25, -0.2) is 9.79 Å². The zero-order valence-electron chi connectivity index (χ0n) is 19.9. The summed E-state index contributed by atoms with van der Waals surface area (Å²) < 4.78 is 4.82. The molecule has 4 rings (SSSR count). The number of rotatable bonds is 7. The highest BCUT2D eigenvalue weighted by Crippen LogP contribution is 2.32. The minimum Gasteiger partial charge on any atom is -0.494 e. The van der Waals surface area contributed by atoms with E-state index in [4.69, 9.17) is 9.73 Å². The molecule has 6 nitrogen and oxygen atoms in total. The van der Waals surface area contributed by atoms with Crippen LogP contribution in [0, 0.1) is 0 Å². The van der Waals surface area contributed by atoms with Crippen molar-refractivity contribution in [1.29, 1.82) is 0 Å². The van der Waals surface area contributed by atoms with E-state index in [1.54, 1.807) is 18.2 Å². The second-order valence-corrected chi connectivity index (χ2v) is 8.61. The molecule has 174 valence electrons. The minimum absolute atomic E-state index is 0.00366. The highest BCUT2D eigenvalue weighted by atomic mass is 16.5. The van der Waals surface area contributed by atoms with Gasteiger partial charge in [0, 0.05) is 22.5 Å². The molecule has 0 aliphatic carbocycles. The van der Waals surface area contributed by atoms with Gasteiger partial charge in [-0.2, -0.15) is 0 Å². The van der Waals surface area contributed by atoms with E-state index in [0.29, 0.717) is 28.4 Å². The number of carbonyl (C=O) groups is 1. The number of nitrogens with one attached hydrogen (secondary N) is 1. The molecule has 0 bridgehead atoms. The summed E-state index contributed by atoms with van der Waals surface area (Å²) in [5.74, 6) is -0.436. The molecule has 3 aromatic carbocycles. The van der Waals surface area contributed by atoms with Gasteiger partial charge in [0.15, 0.2) is 5.88 Å². The standard InChI is InChI=1S/C28H29N3O3/c1-18(31(2)3)16-19-10-13-22(14-11-19)29-26(20-8-6-5-7-9-20)25-23-15-12-21(28(33)34-4)17-24(23)30-27(25)32/h5-15,17-18,30,32H,16H2,1-4H3. The molecular formula is C28H29N3O3. The van der Waals surface area contributed by atoms with Gasteiger partial charge in [0.05, 0.1) is 29.6 Å². The van der Waals surface area contributed by atoms with Crippen molar-refractivity contribution in [3.05, 3.63) is 95.1 Å². The van der Waals surface area contributed by atoms with E-state index in [-0.39, 0.29) is 5.88 Å². The average Bonchev–Trinajstić information content (AvgIpc) is 3.18. The fraction of sp³-hybridized carbons (Fsp3) is 0.214. The van der Waals surface area contributed by atoms with Gasteiger partial charge < -0.3 is 19.7 Å². The first-order valence-corrected chi connectivity index (χ1v) is 11.2. The molecular weight excluding hydrogens is 426 g/mol. The maximum absolute atomic E-state index is 12.0. The number of H-pyrrole nitrogens is 1. The number of aromatic hydroxyl groups is 1. The first kappa shape index (κ1) is 23.3. The number of likely N-dealkylation sites (N-methyl/N-ethyl adjacent to an activating group) is 1. The molecule has 1 atom stereocenters. The lowest BCUT2D eigenvalue weighted by molar-refractivity contribution is 0.0601. The fourth-order valence-corrected chi connectivity index (χ4v) is 3.89. The molecule has 0 saturated carbocycles. The van der Waals surface area contributed by atoms with Crippen molar-refractivity contribution in [1.82, 2.24) is 9.88 Å². The van der Waals surface area contributed by atoms with E-state index < -0.39 is 5.97 Å². The summed E-state index contributed by atoms with van der Waals surface area (Å²) in [4.78, 5) is 22.1. The summed E-state index contributed by atoms with van der Waals surface area (Å²) in [6, 6.07) is 23.6. The van der Waals surface area contributed by atoms with E-state index in [9.17, 15) is 9.90 Å². The summed E-state index contributed by atoms with van der Waals surface area (Å²) in [5.41, 5.74) is 5.18. The average molecular weight is 456 g/mol. The van der Waals surface area contributed by atoms with E-state index in [0.717, 1.165) is 23.1 Å². The van der Waals surface area contributed by atoms with Gasteiger partial charge in [-0.05, 0) is 57.3 Å². The van der Waals surface area contributed by atoms with Crippen molar-refractivity contribution in [2.75, 3.05) is 21.2 Å². The Morgan fingerprint density at radius 1 is 1.03 bits per heavy atom. The fourth-order valence-electron chi connectivity index (χ4n) is 3.89. The number of nitrogens with zero attached hydrogens (tertiary/aromatic N) is 2. The molecule has 0 radical (unpaired) electrons. The van der Waals surface area contributed by atoms with Gasteiger partial charge in [-0.1, -0.05) is 48.5 Å². The number of aromatic amines is 1. The van der Waals surface area contributed by atoms with Crippen LogP contribution >= 0.6 is 0 Å². The number of aromatic nitrogens is 1. The molecule has 2 N–H and O–H groups in total. The predicted octanol–water partition coefficient (Wildman–Crippen LogP) is 5.32. The van der Waals surface area contributed by atoms with Crippen molar-refractivity contribution < 1.29 is 14.6 Å². The minimum atomic E-state index is -0.432. The highest BCUT2D eigenvalue weighted by molar-refractivity contribution is 6.22. The third kappa shape index (κ3) is 4.87. The zero-order chi connectivity index (χ0) is 24.2. The number of esters is 1. The number of hydrogen-bond donors (Lipinski definition) is 2. The van der Waals surface area contributed by atoms with Gasteiger partial charge in [-0.3, -0.25) is 0 Å². The first-order chi connectivity index (χ1) is 16.4. The Kier molecular flexibility index (Phi) is 6.80. The Hall–Kier alpha value is -3.90. The summed E-state index contributed by atoms with van der Waals surface area (Å²) in [6.07, 6.45) is 0.953. The molecule has 0 spiro atoms. The van der Waals surface area contributed by atoms with Crippen LogP contribution in [-0.2, 0) is 11.2 Å². The third-order valence-electron chi connectivity index (χ3n) is 6.07. The molecule has 6 heteroatoms. The van der Waals surface area contributed by atoms with Crippen molar-refractivity contribution in [3.63, 3.8) is 0 Å². The Morgan fingerprint density at radius 2 is 1.74 bits per heavy atom. The zero-order valence-corrected chi connectivity index (χ0v) is 19.9. The van der Waals surface area contributed by atoms with Crippen LogP contribution in [0.4, 0.5) is 5.69 Å². The second-order valence-electron chi connectivity index (χ2n) is 8.61. The van der Waals surface area contributed by atoms with Gasteiger partial charge in [0.2, 0.25) is 0 Å². The lowest BCUT2D eigenvalue weighted by Crippen LogP contribution is -2.26.